The van der Waals surface area contributed by atoms with Gasteiger partial charge < -0.3 is 10.5 Å². The molecule has 0 fully saturated rings. The Balaban J connectivity index is 2.27. The highest BCUT2D eigenvalue weighted by Gasteiger charge is 2.23. The number of benzene rings is 1. The first-order valence-electron chi connectivity index (χ1n) is 6.71. The molecule has 2 aromatic rings. The third-order valence-electron chi connectivity index (χ3n) is 3.80. The molecular weight excluding hydrogens is 330 g/mol. The molecule has 0 aliphatic heterocycles. The van der Waals surface area contributed by atoms with E-state index in [-0.39, 0.29) is 0 Å². The number of aromatic nitrogens is 1. The number of nitriles is 1. The van der Waals surface area contributed by atoms with Crippen molar-refractivity contribution in [3.05, 3.63) is 39.5 Å². The number of hydrogen-bond donors (Lipinski definition) is 1. The third-order valence-corrected chi connectivity index (χ3v) is 4.42. The lowest BCUT2D eigenvalue weighted by Gasteiger charge is -2.14. The van der Waals surface area contributed by atoms with Gasteiger partial charge in [0.05, 0.1) is 11.6 Å². The van der Waals surface area contributed by atoms with Crippen LogP contribution in [0.15, 0.2) is 22.7 Å². The highest BCUT2D eigenvalue weighted by molar-refractivity contribution is 9.10. The van der Waals surface area contributed by atoms with Crippen LogP contribution in [0.1, 0.15) is 23.2 Å². The standard InChI is InChI=1S/C16H14BrN3O/c1-21-14-6-5-9(7-12(14)17)15-10-3-2-4-13(10)20-16(19)11(15)8-18/h5-7H,2-4H2,1H3,(H2,19,20). The maximum absolute atomic E-state index is 9.46. The molecule has 106 valence electrons. The van der Waals surface area contributed by atoms with Crippen LogP contribution in [0.25, 0.3) is 11.1 Å². The fourth-order valence-corrected chi connectivity index (χ4v) is 3.40. The van der Waals surface area contributed by atoms with Crippen LogP contribution < -0.4 is 10.5 Å². The molecule has 0 radical (unpaired) electrons. The molecule has 1 aromatic heterocycles. The molecule has 0 amide bonds. The van der Waals surface area contributed by atoms with Gasteiger partial charge in [-0.2, -0.15) is 5.26 Å². The van der Waals surface area contributed by atoms with E-state index in [9.17, 15) is 5.26 Å². The lowest BCUT2D eigenvalue weighted by Crippen LogP contribution is -2.03. The maximum atomic E-state index is 9.46. The number of nitrogens with zero attached hydrogens (tertiary/aromatic N) is 2. The third kappa shape index (κ3) is 2.26. The Hall–Kier alpha value is -2.06. The van der Waals surface area contributed by atoms with Gasteiger partial charge >= 0.3 is 0 Å². The number of nitrogens with two attached hydrogens (primary N) is 1. The fraction of sp³-hybridized carbons (Fsp3) is 0.250. The van der Waals surface area contributed by atoms with Crippen LogP contribution in [0.5, 0.6) is 5.75 Å². The van der Waals surface area contributed by atoms with Gasteiger partial charge in [-0.25, -0.2) is 4.98 Å². The van der Waals surface area contributed by atoms with Crippen LogP contribution in [0.2, 0.25) is 0 Å². The first kappa shape index (κ1) is 13.9. The summed E-state index contributed by atoms with van der Waals surface area (Å²) in [6.45, 7) is 0. The second kappa shape index (κ2) is 5.38. The molecule has 0 spiro atoms. The van der Waals surface area contributed by atoms with Crippen molar-refractivity contribution < 1.29 is 4.74 Å². The molecule has 0 atom stereocenters. The molecule has 1 aliphatic rings. The topological polar surface area (TPSA) is 71.9 Å². The minimum Gasteiger partial charge on any atom is -0.496 e. The van der Waals surface area contributed by atoms with Crippen molar-refractivity contribution in [1.29, 1.82) is 5.26 Å². The number of ether oxygens (including phenoxy) is 1. The van der Waals surface area contributed by atoms with Gasteiger partial charge in [0, 0.05) is 11.3 Å². The number of anilines is 1. The van der Waals surface area contributed by atoms with Crippen LogP contribution in [-0.4, -0.2) is 12.1 Å². The van der Waals surface area contributed by atoms with Crippen molar-refractivity contribution in [2.45, 2.75) is 19.3 Å². The molecule has 3 rings (SSSR count). The van der Waals surface area contributed by atoms with Gasteiger partial charge in [0.25, 0.3) is 0 Å². The monoisotopic (exact) mass is 343 g/mol. The summed E-state index contributed by atoms with van der Waals surface area (Å²) in [6.07, 6.45) is 2.92. The summed E-state index contributed by atoms with van der Waals surface area (Å²) in [6, 6.07) is 8.01. The summed E-state index contributed by atoms with van der Waals surface area (Å²) < 4.78 is 6.11. The van der Waals surface area contributed by atoms with Crippen molar-refractivity contribution in [2.24, 2.45) is 0 Å². The van der Waals surface area contributed by atoms with Crippen LogP contribution >= 0.6 is 15.9 Å². The van der Waals surface area contributed by atoms with E-state index >= 15 is 0 Å². The number of fused-ring (bicyclic) bond motifs is 1. The van der Waals surface area contributed by atoms with Crippen LogP contribution in [0, 0.1) is 11.3 Å². The molecule has 0 saturated heterocycles. The second-order valence-electron chi connectivity index (χ2n) is 4.99. The maximum Gasteiger partial charge on any atom is 0.142 e. The van der Waals surface area contributed by atoms with Crippen molar-refractivity contribution in [3.63, 3.8) is 0 Å². The van der Waals surface area contributed by atoms with Gasteiger partial charge in [-0.1, -0.05) is 6.07 Å². The predicted octanol–water partition coefficient (Wildman–Crippen LogP) is 3.46. The van der Waals surface area contributed by atoms with E-state index in [1.54, 1.807) is 7.11 Å². The number of nitrogen functional groups attached to an aromatic ring is 1. The zero-order chi connectivity index (χ0) is 15.0. The normalized spacial score (nSPS) is 12.8. The highest BCUT2D eigenvalue weighted by Crippen LogP contribution is 2.39. The number of hydrogen-bond acceptors (Lipinski definition) is 4. The number of halogens is 1. The van der Waals surface area contributed by atoms with Gasteiger partial charge in [0.1, 0.15) is 23.2 Å². The van der Waals surface area contributed by atoms with Crippen molar-refractivity contribution in [3.8, 4) is 22.9 Å². The van der Waals surface area contributed by atoms with Gasteiger partial charge in [0.15, 0.2) is 0 Å². The molecule has 1 heterocycles. The van der Waals surface area contributed by atoms with E-state index in [1.807, 2.05) is 18.2 Å². The first-order chi connectivity index (χ1) is 10.2. The smallest absolute Gasteiger partial charge is 0.142 e. The second-order valence-corrected chi connectivity index (χ2v) is 5.84. The lowest BCUT2D eigenvalue weighted by atomic mass is 9.94. The van der Waals surface area contributed by atoms with Crippen molar-refractivity contribution in [1.82, 2.24) is 4.98 Å². The molecule has 5 heteroatoms. The quantitative estimate of drug-likeness (QED) is 0.906. The predicted molar refractivity (Wildman–Crippen MR) is 85.1 cm³/mol. The zero-order valence-electron chi connectivity index (χ0n) is 11.6. The Labute approximate surface area is 131 Å². The summed E-state index contributed by atoms with van der Waals surface area (Å²) in [7, 11) is 1.63. The van der Waals surface area contributed by atoms with Crippen molar-refractivity contribution >= 4 is 21.7 Å². The molecule has 0 saturated carbocycles. The Kier molecular flexibility index (Phi) is 3.56. The molecule has 4 nitrogen and oxygen atoms in total. The van der Waals surface area contributed by atoms with E-state index in [0.717, 1.165) is 51.9 Å². The SMILES string of the molecule is COc1ccc(-c2c(C#N)c(N)nc3c2CCC3)cc1Br. The molecule has 21 heavy (non-hydrogen) atoms. The Bertz CT molecular complexity index is 764. The number of methoxy groups -OCH3 is 1. The van der Waals surface area contributed by atoms with E-state index in [4.69, 9.17) is 10.5 Å². The summed E-state index contributed by atoms with van der Waals surface area (Å²) >= 11 is 3.50. The molecule has 0 unspecified atom stereocenters. The average Bonchev–Trinajstić information content (AvgIpc) is 2.93. The van der Waals surface area contributed by atoms with Crippen LogP contribution in [0.3, 0.4) is 0 Å². The van der Waals surface area contributed by atoms with Crippen LogP contribution in [0.4, 0.5) is 5.82 Å². The lowest BCUT2D eigenvalue weighted by molar-refractivity contribution is 0.412. The summed E-state index contributed by atoms with van der Waals surface area (Å²) in [4.78, 5) is 4.39. The zero-order valence-corrected chi connectivity index (χ0v) is 13.2. The summed E-state index contributed by atoms with van der Waals surface area (Å²) in [5.41, 5.74) is 10.5. The number of rotatable bonds is 2. The minimum atomic E-state index is 0.320. The molecule has 1 aromatic carbocycles. The number of aryl methyl sites for hydroxylation is 1. The van der Waals surface area contributed by atoms with Gasteiger partial charge in [-0.15, -0.1) is 0 Å². The van der Waals surface area contributed by atoms with Crippen molar-refractivity contribution in [2.75, 3.05) is 12.8 Å². The minimum absolute atomic E-state index is 0.320. The molecule has 1 aliphatic carbocycles. The largest absolute Gasteiger partial charge is 0.496 e. The summed E-state index contributed by atoms with van der Waals surface area (Å²) in [5, 5.41) is 9.46. The molecule has 0 bridgehead atoms. The van der Waals surface area contributed by atoms with Gasteiger partial charge in [-0.3, -0.25) is 0 Å². The van der Waals surface area contributed by atoms with Gasteiger partial charge in [-0.05, 0) is 58.5 Å². The van der Waals surface area contributed by atoms with E-state index in [0.29, 0.717) is 11.4 Å². The fourth-order valence-electron chi connectivity index (χ4n) is 2.85. The van der Waals surface area contributed by atoms with Crippen LogP contribution in [-0.2, 0) is 12.8 Å². The Morgan fingerprint density at radius 2 is 2.19 bits per heavy atom. The van der Waals surface area contributed by atoms with E-state index in [1.165, 1.54) is 0 Å². The first-order valence-corrected chi connectivity index (χ1v) is 7.50. The Morgan fingerprint density at radius 3 is 2.86 bits per heavy atom. The number of pyridine rings is 1. The van der Waals surface area contributed by atoms with Gasteiger partial charge in [0.2, 0.25) is 0 Å². The molecular formula is C16H14BrN3O. The van der Waals surface area contributed by atoms with E-state index < -0.39 is 0 Å². The highest BCUT2D eigenvalue weighted by atomic mass is 79.9. The summed E-state index contributed by atoms with van der Waals surface area (Å²) in [5.74, 6) is 1.08. The Morgan fingerprint density at radius 1 is 1.38 bits per heavy atom. The van der Waals surface area contributed by atoms with E-state index in [2.05, 4.69) is 27.0 Å². The molecule has 2 N–H and O–H groups in total. The average molecular weight is 344 g/mol.